The molecule has 0 bridgehead atoms. The maximum atomic E-state index is 12.7. The monoisotopic (exact) mass is 405 g/mol. The van der Waals surface area contributed by atoms with Crippen molar-refractivity contribution in [2.45, 2.75) is 24.7 Å². The summed E-state index contributed by atoms with van der Waals surface area (Å²) in [7, 11) is -3.77. The van der Waals surface area contributed by atoms with Gasteiger partial charge in [0.25, 0.3) is 0 Å². The highest BCUT2D eigenvalue weighted by molar-refractivity contribution is 7.77. The molecule has 1 atom stereocenters. The van der Waals surface area contributed by atoms with Crippen LogP contribution >= 0.6 is 14.7 Å². The van der Waals surface area contributed by atoms with Gasteiger partial charge >= 0.3 is 13.6 Å². The molecule has 1 aromatic carbocycles. The van der Waals surface area contributed by atoms with Gasteiger partial charge in [-0.3, -0.25) is 14.2 Å². The zero-order valence-corrected chi connectivity index (χ0v) is 17.1. The molecule has 1 aromatic rings. The van der Waals surface area contributed by atoms with Gasteiger partial charge in [-0.2, -0.15) is 0 Å². The first-order chi connectivity index (χ1) is 12.0. The van der Waals surface area contributed by atoms with Crippen molar-refractivity contribution < 1.29 is 32.9 Å². The number of anilines is 1. The molecule has 0 fully saturated rings. The summed E-state index contributed by atoms with van der Waals surface area (Å²) in [4.78, 5) is 22.1. The number of hydrogen-bond acceptors (Lipinski definition) is 6. The fourth-order valence-electron chi connectivity index (χ4n) is 2.37. The lowest BCUT2D eigenvalue weighted by atomic mass is 10.1. The highest BCUT2D eigenvalue weighted by Gasteiger charge is 2.42. The van der Waals surface area contributed by atoms with Crippen LogP contribution in [-0.2, 0) is 34.2 Å². The maximum Gasteiger partial charge on any atom is 0.340 e. The number of hydrogen-bond donors (Lipinski definition) is 2. The molecular formula is C16H25NO7P2. The number of rotatable bonds is 10. The smallest absolute Gasteiger partial charge is 0.340 e. The van der Waals surface area contributed by atoms with Crippen molar-refractivity contribution in [1.82, 2.24) is 0 Å². The molecule has 0 aliphatic heterocycles. The van der Waals surface area contributed by atoms with Crippen LogP contribution in [0.2, 0.25) is 0 Å². The number of carboxylic acids is 1. The van der Waals surface area contributed by atoms with Gasteiger partial charge in [0.05, 0.1) is 13.6 Å². The predicted octanol–water partition coefficient (Wildman–Crippen LogP) is 3.47. The molecule has 2 N–H and O–H groups in total. The van der Waals surface area contributed by atoms with Crippen LogP contribution in [0.15, 0.2) is 24.3 Å². The van der Waals surface area contributed by atoms with Crippen LogP contribution in [0.5, 0.6) is 0 Å². The van der Waals surface area contributed by atoms with E-state index in [9.17, 15) is 18.7 Å². The third-order valence-corrected chi connectivity index (χ3v) is 9.88. The number of aliphatic carboxylic acids is 1. The van der Waals surface area contributed by atoms with Crippen LogP contribution in [0.1, 0.15) is 18.4 Å². The molecule has 0 aliphatic rings. The molecule has 0 aliphatic carbocycles. The van der Waals surface area contributed by atoms with Gasteiger partial charge < -0.3 is 24.0 Å². The molecule has 0 spiro atoms. The van der Waals surface area contributed by atoms with Crippen LogP contribution in [0, 0.1) is 0 Å². The number of carboxylic acid groups (broad SMARTS) is 1. The summed E-state index contributed by atoms with van der Waals surface area (Å²) in [6.07, 6.45) is -0.119. The van der Waals surface area contributed by atoms with Gasteiger partial charge in [0.15, 0.2) is 0 Å². The van der Waals surface area contributed by atoms with Gasteiger partial charge in [0, 0.05) is 26.3 Å². The lowest BCUT2D eigenvalue weighted by Crippen LogP contribution is -2.15. The number of amides is 1. The van der Waals surface area contributed by atoms with Crippen LogP contribution in [-0.4, -0.2) is 49.9 Å². The fraction of sp³-hybridized carbons (Fsp3) is 0.500. The van der Waals surface area contributed by atoms with Crippen molar-refractivity contribution in [1.29, 1.82) is 0 Å². The molecular weight excluding hydrogens is 380 g/mol. The van der Waals surface area contributed by atoms with E-state index < -0.39 is 32.0 Å². The Kier molecular flexibility index (Phi) is 8.22. The molecule has 0 saturated carbocycles. The van der Waals surface area contributed by atoms with Crippen LogP contribution in [0.4, 0.5) is 5.69 Å². The van der Waals surface area contributed by atoms with Crippen molar-refractivity contribution in [3.05, 3.63) is 29.8 Å². The molecule has 10 heteroatoms. The molecule has 0 heterocycles. The van der Waals surface area contributed by atoms with Gasteiger partial charge in [-0.1, -0.05) is 12.1 Å². The van der Waals surface area contributed by atoms with E-state index in [2.05, 4.69) is 5.32 Å². The highest BCUT2D eigenvalue weighted by Crippen LogP contribution is 2.66. The summed E-state index contributed by atoms with van der Waals surface area (Å²) in [5.74, 6) is -1.43. The first-order valence-electron chi connectivity index (χ1n) is 7.88. The molecule has 0 saturated heterocycles. The predicted molar refractivity (Wildman–Crippen MR) is 101 cm³/mol. The summed E-state index contributed by atoms with van der Waals surface area (Å²) in [6.45, 7) is 3.08. The Hall–Kier alpha value is -1.46. The van der Waals surface area contributed by atoms with Crippen molar-refractivity contribution in [2.75, 3.05) is 32.9 Å². The summed E-state index contributed by atoms with van der Waals surface area (Å²) in [5, 5.41) is 10.4. The average Bonchev–Trinajstić information content (AvgIpc) is 2.57. The fourth-order valence-corrected chi connectivity index (χ4v) is 7.38. The molecule has 0 radical (unpaired) electrons. The van der Waals surface area contributed by atoms with E-state index in [0.717, 1.165) is 5.56 Å². The van der Waals surface area contributed by atoms with E-state index in [1.54, 1.807) is 37.6 Å². The molecule has 1 amide bonds. The second-order valence-electron chi connectivity index (χ2n) is 6.16. The Balaban J connectivity index is 2.87. The van der Waals surface area contributed by atoms with E-state index >= 15 is 0 Å². The highest BCUT2D eigenvalue weighted by atomic mass is 31.2. The minimum absolute atomic E-state index is 0.112. The molecule has 1 rings (SSSR count). The maximum absolute atomic E-state index is 12.7. The standard InChI is InChI=1S/C16H25NO7P2/c1-23-26(22,24-2)16(25(3,4)21)11-12-5-7-13(8-6-12)17-14(18)9-10-15(19)20/h5-8,16H,9-11H2,1-4H3,(H,17,18)(H,19,20). The molecule has 1 unspecified atom stereocenters. The zero-order valence-electron chi connectivity index (χ0n) is 15.3. The Bertz CT molecular complexity index is 719. The summed E-state index contributed by atoms with van der Waals surface area (Å²) in [5.41, 5.74) is 1.27. The van der Waals surface area contributed by atoms with Gasteiger partial charge in [-0.15, -0.1) is 0 Å². The second-order valence-corrected chi connectivity index (χ2v) is 12.5. The topological polar surface area (TPSA) is 119 Å². The van der Waals surface area contributed by atoms with Crippen molar-refractivity contribution >= 4 is 32.3 Å². The SMILES string of the molecule is COP(=O)(OC)C(Cc1ccc(NC(=O)CCC(=O)O)cc1)P(C)(C)=O. The molecule has 146 valence electrons. The van der Waals surface area contributed by atoms with Crippen molar-refractivity contribution in [2.24, 2.45) is 0 Å². The van der Waals surface area contributed by atoms with Crippen LogP contribution < -0.4 is 5.32 Å². The largest absolute Gasteiger partial charge is 0.481 e. The lowest BCUT2D eigenvalue weighted by Gasteiger charge is -2.27. The summed E-state index contributed by atoms with van der Waals surface area (Å²) in [6, 6.07) is 6.72. The minimum Gasteiger partial charge on any atom is -0.481 e. The van der Waals surface area contributed by atoms with E-state index in [0.29, 0.717) is 5.69 Å². The number of benzene rings is 1. The summed E-state index contributed by atoms with van der Waals surface area (Å²) < 4.78 is 35.4. The average molecular weight is 405 g/mol. The molecule has 0 aromatic heterocycles. The molecule has 8 nitrogen and oxygen atoms in total. The Morgan fingerprint density at radius 1 is 1.08 bits per heavy atom. The number of nitrogens with one attached hydrogen (secondary N) is 1. The van der Waals surface area contributed by atoms with Crippen LogP contribution in [0.3, 0.4) is 0 Å². The van der Waals surface area contributed by atoms with E-state index in [4.69, 9.17) is 14.2 Å². The third-order valence-electron chi connectivity index (χ3n) is 3.81. The minimum atomic E-state index is -3.52. The van der Waals surface area contributed by atoms with E-state index in [1.807, 2.05) is 0 Å². The number of carbonyl (C=O) groups excluding carboxylic acids is 1. The third kappa shape index (κ3) is 6.69. The van der Waals surface area contributed by atoms with Gasteiger partial charge in [0.2, 0.25) is 5.91 Å². The van der Waals surface area contributed by atoms with Gasteiger partial charge in [0.1, 0.15) is 5.40 Å². The van der Waals surface area contributed by atoms with Crippen molar-refractivity contribution in [3.8, 4) is 0 Å². The normalized spacial score (nSPS) is 13.2. The quantitative estimate of drug-likeness (QED) is 0.572. The van der Waals surface area contributed by atoms with E-state index in [1.165, 1.54) is 14.2 Å². The Labute approximate surface area is 153 Å². The Morgan fingerprint density at radius 3 is 2.04 bits per heavy atom. The zero-order chi connectivity index (χ0) is 20.0. The van der Waals surface area contributed by atoms with Crippen LogP contribution in [0.25, 0.3) is 0 Å². The number of carbonyl (C=O) groups is 2. The molecule has 26 heavy (non-hydrogen) atoms. The Morgan fingerprint density at radius 2 is 1.62 bits per heavy atom. The second kappa shape index (κ2) is 9.47. The van der Waals surface area contributed by atoms with E-state index in [-0.39, 0.29) is 19.3 Å². The van der Waals surface area contributed by atoms with Gasteiger partial charge in [-0.25, -0.2) is 0 Å². The first-order valence-corrected chi connectivity index (χ1v) is 12.2. The lowest BCUT2D eigenvalue weighted by molar-refractivity contribution is -0.138. The van der Waals surface area contributed by atoms with Crippen molar-refractivity contribution in [3.63, 3.8) is 0 Å². The summed E-state index contributed by atoms with van der Waals surface area (Å²) >= 11 is 0. The first kappa shape index (κ1) is 22.6. The van der Waals surface area contributed by atoms with Gasteiger partial charge in [-0.05, 0) is 37.4 Å².